The highest BCUT2D eigenvalue weighted by molar-refractivity contribution is 6.22. The van der Waals surface area contributed by atoms with Gasteiger partial charge < -0.3 is 5.11 Å². The Balaban J connectivity index is 3.50. The zero-order chi connectivity index (χ0) is 6.57. The zero-order valence-corrected chi connectivity index (χ0v) is 4.96. The van der Waals surface area contributed by atoms with Gasteiger partial charge in [0.25, 0.3) is 0 Å². The number of nitrogens with zero attached hydrogens (tertiary/aromatic N) is 2. The molecule has 0 spiro atoms. The summed E-state index contributed by atoms with van der Waals surface area (Å²) in [6.07, 6.45) is 0.701. The summed E-state index contributed by atoms with van der Waals surface area (Å²) in [6.45, 7) is 0. The van der Waals surface area contributed by atoms with Crippen LogP contribution in [-0.2, 0) is 4.79 Å². The molecule has 46 valence electrons. The van der Waals surface area contributed by atoms with E-state index in [1.165, 1.54) is 7.05 Å². The van der Waals surface area contributed by atoms with E-state index in [2.05, 4.69) is 5.10 Å². The van der Waals surface area contributed by atoms with Crippen LogP contribution in [0.3, 0.4) is 0 Å². The Morgan fingerprint density at radius 3 is 2.62 bits per heavy atom. The number of hydrogen-bond donors (Lipinski definition) is 1. The minimum atomic E-state index is -1.11. The van der Waals surface area contributed by atoms with E-state index >= 15 is 0 Å². The average molecular weight is 137 g/mol. The summed E-state index contributed by atoms with van der Waals surface area (Å²) in [5.41, 5.74) is 0. The van der Waals surface area contributed by atoms with Crippen LogP contribution >= 0.6 is 11.8 Å². The van der Waals surface area contributed by atoms with Gasteiger partial charge in [-0.05, 0) is 0 Å². The number of hydrazone groups is 1. The van der Waals surface area contributed by atoms with Gasteiger partial charge in [-0.3, -0.25) is 0 Å². The third kappa shape index (κ3) is 5.23. The molecule has 0 unspecified atom stereocenters. The number of carboxylic acids is 1. The fraction of sp³-hybridized carbons (Fsp3) is 0.333. The number of aliphatic carboxylic acids is 1. The van der Waals surface area contributed by atoms with E-state index in [4.69, 9.17) is 16.9 Å². The second kappa shape index (κ2) is 3.26. The lowest BCUT2D eigenvalue weighted by molar-refractivity contribution is -0.128. The second-order valence-electron chi connectivity index (χ2n) is 1.03. The molecule has 1 N–H and O–H groups in total. The van der Waals surface area contributed by atoms with Crippen LogP contribution in [-0.4, -0.2) is 28.9 Å². The molecular weight excluding hydrogens is 131 g/mol. The molecular formula is C3H5ClN2O2. The van der Waals surface area contributed by atoms with Crippen molar-refractivity contribution >= 4 is 24.0 Å². The molecule has 0 aliphatic heterocycles. The first kappa shape index (κ1) is 7.23. The standard InChI is InChI=1S/C3H5ClN2O2/c1-6(4)5-2-3(7)8/h2H,1H3,(H,7,8)/b5-2-. The van der Waals surface area contributed by atoms with E-state index in [0.29, 0.717) is 6.21 Å². The number of carboxylic acid groups (broad SMARTS) is 1. The van der Waals surface area contributed by atoms with Crippen LogP contribution in [0.15, 0.2) is 5.10 Å². The van der Waals surface area contributed by atoms with E-state index in [1.54, 1.807) is 0 Å². The van der Waals surface area contributed by atoms with Gasteiger partial charge in [0.2, 0.25) is 0 Å². The third-order valence-corrected chi connectivity index (χ3v) is 0.415. The third-order valence-electron chi connectivity index (χ3n) is 0.327. The fourth-order valence-electron chi connectivity index (χ4n) is 0.129. The molecule has 0 saturated carbocycles. The van der Waals surface area contributed by atoms with Crippen molar-refractivity contribution in [2.75, 3.05) is 7.05 Å². The van der Waals surface area contributed by atoms with Crippen LogP contribution in [0.1, 0.15) is 0 Å². The molecule has 0 aromatic carbocycles. The van der Waals surface area contributed by atoms with Crippen molar-refractivity contribution in [2.24, 2.45) is 5.10 Å². The Morgan fingerprint density at radius 2 is 2.50 bits per heavy atom. The minimum absolute atomic E-state index is 0.701. The van der Waals surface area contributed by atoms with Crippen molar-refractivity contribution in [3.8, 4) is 0 Å². The molecule has 0 rings (SSSR count). The summed E-state index contributed by atoms with van der Waals surface area (Å²) in [5, 5.41) is 11.1. The topological polar surface area (TPSA) is 52.9 Å². The van der Waals surface area contributed by atoms with E-state index < -0.39 is 5.97 Å². The molecule has 0 fully saturated rings. The molecule has 8 heavy (non-hydrogen) atoms. The predicted molar refractivity (Wildman–Crippen MR) is 29.7 cm³/mol. The highest BCUT2D eigenvalue weighted by Crippen LogP contribution is 1.83. The molecule has 0 aliphatic rings. The van der Waals surface area contributed by atoms with Gasteiger partial charge in [0, 0.05) is 18.8 Å². The lowest BCUT2D eigenvalue weighted by atomic mass is 10.8. The predicted octanol–water partition coefficient (Wildman–Crippen LogP) is 0.142. The molecule has 0 amide bonds. The first-order valence-corrected chi connectivity index (χ1v) is 2.13. The van der Waals surface area contributed by atoms with Crippen molar-refractivity contribution in [3.63, 3.8) is 0 Å². The molecule has 0 heterocycles. The second-order valence-corrected chi connectivity index (χ2v) is 1.52. The maximum absolute atomic E-state index is 9.67. The van der Waals surface area contributed by atoms with Crippen molar-refractivity contribution in [1.29, 1.82) is 0 Å². The smallest absolute Gasteiger partial charge is 0.348 e. The number of halogens is 1. The van der Waals surface area contributed by atoms with Gasteiger partial charge in [0.15, 0.2) is 0 Å². The molecule has 0 aliphatic carbocycles. The van der Waals surface area contributed by atoms with Gasteiger partial charge in [-0.25, -0.2) is 9.32 Å². The van der Waals surface area contributed by atoms with Crippen molar-refractivity contribution in [2.45, 2.75) is 0 Å². The Morgan fingerprint density at radius 1 is 2.00 bits per heavy atom. The summed E-state index contributed by atoms with van der Waals surface area (Å²) in [7, 11) is 1.42. The van der Waals surface area contributed by atoms with Gasteiger partial charge in [0.1, 0.15) is 6.21 Å². The monoisotopic (exact) mass is 136 g/mol. The zero-order valence-electron chi connectivity index (χ0n) is 4.21. The van der Waals surface area contributed by atoms with Crippen LogP contribution in [0, 0.1) is 0 Å². The first-order valence-electron chi connectivity index (χ1n) is 1.79. The van der Waals surface area contributed by atoms with Crippen LogP contribution in [0.5, 0.6) is 0 Å². The first-order chi connectivity index (χ1) is 3.63. The molecule has 5 heteroatoms. The molecule has 0 radical (unpaired) electrons. The highest BCUT2D eigenvalue weighted by Gasteiger charge is 1.85. The Hall–Kier alpha value is -0.770. The van der Waals surface area contributed by atoms with Crippen molar-refractivity contribution < 1.29 is 9.90 Å². The Labute approximate surface area is 51.5 Å². The van der Waals surface area contributed by atoms with Gasteiger partial charge >= 0.3 is 5.97 Å². The maximum Gasteiger partial charge on any atom is 0.348 e. The molecule has 0 bridgehead atoms. The van der Waals surface area contributed by atoms with Crippen LogP contribution in [0.2, 0.25) is 0 Å². The summed E-state index contributed by atoms with van der Waals surface area (Å²) in [6, 6.07) is 0. The van der Waals surface area contributed by atoms with Gasteiger partial charge in [0.05, 0.1) is 0 Å². The van der Waals surface area contributed by atoms with E-state index in [9.17, 15) is 4.79 Å². The SMILES string of the molecule is CN(Cl)/N=C\C(=O)O. The lowest BCUT2D eigenvalue weighted by Gasteiger charge is -1.94. The highest BCUT2D eigenvalue weighted by atomic mass is 35.5. The minimum Gasteiger partial charge on any atom is -0.477 e. The van der Waals surface area contributed by atoms with Crippen LogP contribution in [0.25, 0.3) is 0 Å². The number of carbonyl (C=O) groups is 1. The van der Waals surface area contributed by atoms with Crippen LogP contribution in [0.4, 0.5) is 0 Å². The number of rotatable bonds is 2. The lowest BCUT2D eigenvalue weighted by Crippen LogP contribution is -2.00. The number of hydrogen-bond acceptors (Lipinski definition) is 3. The quantitative estimate of drug-likeness (QED) is 0.334. The average Bonchev–Trinajstić information content (AvgIpc) is 1.61. The largest absolute Gasteiger partial charge is 0.477 e. The Bertz CT molecular complexity index is 112. The van der Waals surface area contributed by atoms with Crippen LogP contribution < -0.4 is 0 Å². The summed E-state index contributed by atoms with van der Waals surface area (Å²) >= 11 is 5.09. The van der Waals surface area contributed by atoms with Gasteiger partial charge in [-0.2, -0.15) is 5.10 Å². The summed E-state index contributed by atoms with van der Waals surface area (Å²) in [4.78, 5) is 9.67. The van der Waals surface area contributed by atoms with Crippen molar-refractivity contribution in [3.05, 3.63) is 0 Å². The van der Waals surface area contributed by atoms with E-state index in [1.807, 2.05) is 0 Å². The summed E-state index contributed by atoms with van der Waals surface area (Å²) < 4.78 is 0.883. The van der Waals surface area contributed by atoms with Crippen molar-refractivity contribution in [1.82, 2.24) is 4.53 Å². The molecule has 0 atom stereocenters. The van der Waals surface area contributed by atoms with E-state index in [-0.39, 0.29) is 0 Å². The summed E-state index contributed by atoms with van der Waals surface area (Å²) in [5.74, 6) is -1.11. The molecule has 0 saturated heterocycles. The van der Waals surface area contributed by atoms with Gasteiger partial charge in [-0.15, -0.1) is 0 Å². The molecule has 0 aromatic heterocycles. The molecule has 0 aromatic rings. The van der Waals surface area contributed by atoms with E-state index in [0.717, 1.165) is 4.53 Å². The Kier molecular flexibility index (Phi) is 2.95. The maximum atomic E-state index is 9.67. The normalized spacial score (nSPS) is 9.75. The fourth-order valence-corrected chi connectivity index (χ4v) is 0.173. The molecule has 4 nitrogen and oxygen atoms in total. The van der Waals surface area contributed by atoms with Gasteiger partial charge in [-0.1, -0.05) is 0 Å².